The van der Waals surface area contributed by atoms with Gasteiger partial charge in [0.1, 0.15) is 5.75 Å². The van der Waals surface area contributed by atoms with Gasteiger partial charge in [-0.1, -0.05) is 11.6 Å². The summed E-state index contributed by atoms with van der Waals surface area (Å²) in [4.78, 5) is 18.5. The highest BCUT2D eigenvalue weighted by Crippen LogP contribution is 2.27. The van der Waals surface area contributed by atoms with E-state index in [1.165, 1.54) is 34.8 Å². The number of amides is 1. The van der Waals surface area contributed by atoms with Gasteiger partial charge in [0, 0.05) is 22.9 Å². The van der Waals surface area contributed by atoms with Crippen molar-refractivity contribution in [1.82, 2.24) is 10.3 Å². The molecule has 0 saturated carbocycles. The summed E-state index contributed by atoms with van der Waals surface area (Å²) in [5.74, 6) is 0.372. The standard InChI is InChI=1S/C18H21ClN2O2S/c1-23-15-9-8-12(19)11-13(15)18(22)20-10-4-7-17-21-14-5-2-3-6-16(14)24-17/h8-9,11H,2-7,10H2,1H3,(H,20,22). The number of halogens is 1. The molecule has 1 aliphatic carbocycles. The van der Waals surface area contributed by atoms with Crippen LogP contribution in [0.3, 0.4) is 0 Å². The largest absolute Gasteiger partial charge is 0.496 e. The zero-order chi connectivity index (χ0) is 16.9. The van der Waals surface area contributed by atoms with Crippen LogP contribution in [0.5, 0.6) is 5.75 Å². The minimum Gasteiger partial charge on any atom is -0.496 e. The van der Waals surface area contributed by atoms with Gasteiger partial charge in [0.05, 0.1) is 23.4 Å². The van der Waals surface area contributed by atoms with E-state index < -0.39 is 0 Å². The third-order valence-corrected chi connectivity index (χ3v) is 5.60. The Hall–Kier alpha value is -1.59. The third kappa shape index (κ3) is 4.08. The first-order valence-electron chi connectivity index (χ1n) is 8.26. The van der Waals surface area contributed by atoms with Gasteiger partial charge in [0.25, 0.3) is 5.91 Å². The Kier molecular flexibility index (Phi) is 5.74. The van der Waals surface area contributed by atoms with Crippen LogP contribution < -0.4 is 10.1 Å². The molecular formula is C18H21ClN2O2S. The highest BCUT2D eigenvalue weighted by molar-refractivity contribution is 7.11. The van der Waals surface area contributed by atoms with Crippen molar-refractivity contribution in [3.8, 4) is 5.75 Å². The molecule has 1 aliphatic rings. The van der Waals surface area contributed by atoms with Gasteiger partial charge >= 0.3 is 0 Å². The van der Waals surface area contributed by atoms with Crippen LogP contribution in [0.1, 0.15) is 45.2 Å². The molecule has 4 nitrogen and oxygen atoms in total. The number of rotatable bonds is 6. The molecule has 1 N–H and O–H groups in total. The fraction of sp³-hybridized carbons (Fsp3) is 0.444. The lowest BCUT2D eigenvalue weighted by molar-refractivity contribution is 0.0950. The topological polar surface area (TPSA) is 51.2 Å². The van der Waals surface area contributed by atoms with Crippen LogP contribution in [0.2, 0.25) is 5.02 Å². The van der Waals surface area contributed by atoms with Crippen LogP contribution in [-0.4, -0.2) is 24.5 Å². The van der Waals surface area contributed by atoms with E-state index in [-0.39, 0.29) is 5.91 Å². The molecular weight excluding hydrogens is 344 g/mol. The molecule has 1 heterocycles. The number of methoxy groups -OCH3 is 1. The van der Waals surface area contributed by atoms with Crippen LogP contribution >= 0.6 is 22.9 Å². The minimum atomic E-state index is -0.159. The number of aromatic nitrogens is 1. The Labute approximate surface area is 151 Å². The number of nitrogens with zero attached hydrogens (tertiary/aromatic N) is 1. The molecule has 1 aromatic carbocycles. The van der Waals surface area contributed by atoms with Gasteiger partial charge < -0.3 is 10.1 Å². The summed E-state index contributed by atoms with van der Waals surface area (Å²) in [6.07, 6.45) is 6.63. The van der Waals surface area contributed by atoms with Crippen molar-refractivity contribution < 1.29 is 9.53 Å². The zero-order valence-electron chi connectivity index (χ0n) is 13.7. The molecule has 0 bridgehead atoms. The molecule has 24 heavy (non-hydrogen) atoms. The Bertz CT molecular complexity index is 706. The summed E-state index contributed by atoms with van der Waals surface area (Å²) < 4.78 is 5.22. The highest BCUT2D eigenvalue weighted by Gasteiger charge is 2.15. The normalized spacial score (nSPS) is 13.4. The van der Waals surface area contributed by atoms with Crippen LogP contribution in [0.4, 0.5) is 0 Å². The number of ether oxygens (including phenoxy) is 1. The van der Waals surface area contributed by atoms with Crippen LogP contribution in [-0.2, 0) is 19.3 Å². The third-order valence-electron chi connectivity index (χ3n) is 4.15. The predicted octanol–water partition coefficient (Wildman–Crippen LogP) is 4.05. The van der Waals surface area contributed by atoms with E-state index in [1.807, 2.05) is 11.3 Å². The van der Waals surface area contributed by atoms with Crippen molar-refractivity contribution in [2.24, 2.45) is 0 Å². The summed E-state index contributed by atoms with van der Waals surface area (Å²) in [5.41, 5.74) is 1.77. The van der Waals surface area contributed by atoms with Crippen molar-refractivity contribution >= 4 is 28.8 Å². The number of carbonyl (C=O) groups is 1. The number of fused-ring (bicyclic) bond motifs is 1. The van der Waals surface area contributed by atoms with Crippen molar-refractivity contribution in [2.75, 3.05) is 13.7 Å². The van der Waals surface area contributed by atoms with E-state index in [9.17, 15) is 4.79 Å². The molecule has 2 aromatic rings. The molecule has 0 saturated heterocycles. The van der Waals surface area contributed by atoms with Gasteiger partial charge in [-0.05, 0) is 50.3 Å². The number of benzene rings is 1. The summed E-state index contributed by atoms with van der Waals surface area (Å²) in [5, 5.41) is 4.65. The van der Waals surface area contributed by atoms with E-state index in [1.54, 1.807) is 25.3 Å². The molecule has 0 aliphatic heterocycles. The fourth-order valence-corrected chi connectivity index (χ4v) is 4.28. The van der Waals surface area contributed by atoms with E-state index >= 15 is 0 Å². The smallest absolute Gasteiger partial charge is 0.255 e. The molecule has 0 radical (unpaired) electrons. The average molecular weight is 365 g/mol. The first kappa shape index (κ1) is 17.2. The van der Waals surface area contributed by atoms with E-state index in [0.29, 0.717) is 22.9 Å². The lowest BCUT2D eigenvalue weighted by atomic mass is 10.0. The Morgan fingerprint density at radius 1 is 1.38 bits per heavy atom. The maximum atomic E-state index is 12.3. The molecule has 128 valence electrons. The first-order chi connectivity index (χ1) is 11.7. The van der Waals surface area contributed by atoms with Gasteiger partial charge in [0.2, 0.25) is 0 Å². The van der Waals surface area contributed by atoms with E-state index in [4.69, 9.17) is 21.3 Å². The number of carbonyl (C=O) groups excluding carboxylic acids is 1. The number of aryl methyl sites for hydroxylation is 3. The molecule has 6 heteroatoms. The fourth-order valence-electron chi connectivity index (χ4n) is 2.91. The molecule has 0 spiro atoms. The maximum Gasteiger partial charge on any atom is 0.255 e. The summed E-state index contributed by atoms with van der Waals surface area (Å²) in [6.45, 7) is 0.610. The van der Waals surface area contributed by atoms with Crippen molar-refractivity contribution in [3.05, 3.63) is 44.4 Å². The Balaban J connectivity index is 1.50. The second-order valence-corrected chi connectivity index (χ2v) is 7.49. The van der Waals surface area contributed by atoms with Crippen molar-refractivity contribution in [3.63, 3.8) is 0 Å². The van der Waals surface area contributed by atoms with Gasteiger partial charge in [-0.2, -0.15) is 0 Å². The highest BCUT2D eigenvalue weighted by atomic mass is 35.5. The van der Waals surface area contributed by atoms with Crippen LogP contribution in [0.25, 0.3) is 0 Å². The maximum absolute atomic E-state index is 12.3. The number of nitrogens with one attached hydrogen (secondary N) is 1. The Morgan fingerprint density at radius 2 is 2.21 bits per heavy atom. The number of thiazole rings is 1. The monoisotopic (exact) mass is 364 g/mol. The van der Waals surface area contributed by atoms with Crippen LogP contribution in [0, 0.1) is 0 Å². The Morgan fingerprint density at radius 3 is 3.00 bits per heavy atom. The molecule has 0 atom stereocenters. The summed E-state index contributed by atoms with van der Waals surface area (Å²) >= 11 is 7.80. The van der Waals surface area contributed by atoms with Gasteiger partial charge in [-0.15, -0.1) is 11.3 Å². The predicted molar refractivity (Wildman–Crippen MR) is 97.4 cm³/mol. The summed E-state index contributed by atoms with van der Waals surface area (Å²) in [7, 11) is 1.55. The minimum absolute atomic E-state index is 0.159. The second kappa shape index (κ2) is 7.99. The lowest BCUT2D eigenvalue weighted by Gasteiger charge is -2.09. The number of hydrogen-bond acceptors (Lipinski definition) is 4. The SMILES string of the molecule is COc1ccc(Cl)cc1C(=O)NCCCc1nc2c(s1)CCCC2. The van der Waals surface area contributed by atoms with Crippen molar-refractivity contribution in [1.29, 1.82) is 0 Å². The van der Waals surface area contributed by atoms with Gasteiger partial charge in [-0.25, -0.2) is 4.98 Å². The number of hydrogen-bond donors (Lipinski definition) is 1. The lowest BCUT2D eigenvalue weighted by Crippen LogP contribution is -2.25. The molecule has 0 fully saturated rings. The molecule has 3 rings (SSSR count). The average Bonchev–Trinajstić information content (AvgIpc) is 3.01. The zero-order valence-corrected chi connectivity index (χ0v) is 15.3. The van der Waals surface area contributed by atoms with E-state index in [2.05, 4.69) is 5.32 Å². The summed E-state index contributed by atoms with van der Waals surface area (Å²) in [6, 6.07) is 5.04. The molecule has 1 amide bonds. The van der Waals surface area contributed by atoms with Gasteiger partial charge in [0.15, 0.2) is 0 Å². The quantitative estimate of drug-likeness (QED) is 0.787. The van der Waals surface area contributed by atoms with Crippen molar-refractivity contribution in [2.45, 2.75) is 38.5 Å². The molecule has 0 unspecified atom stereocenters. The van der Waals surface area contributed by atoms with Crippen LogP contribution in [0.15, 0.2) is 18.2 Å². The van der Waals surface area contributed by atoms with E-state index in [0.717, 1.165) is 19.3 Å². The molecule has 1 aromatic heterocycles. The first-order valence-corrected chi connectivity index (χ1v) is 9.46. The van der Waals surface area contributed by atoms with Gasteiger partial charge in [-0.3, -0.25) is 4.79 Å². The second-order valence-electron chi connectivity index (χ2n) is 5.89.